The monoisotopic (exact) mass is 517 g/mol. The van der Waals surface area contributed by atoms with Gasteiger partial charge in [-0.15, -0.1) is 0 Å². The molecule has 0 saturated heterocycles. The van der Waals surface area contributed by atoms with Gasteiger partial charge in [-0.2, -0.15) is 0 Å². The van der Waals surface area contributed by atoms with Crippen molar-refractivity contribution in [1.29, 1.82) is 0 Å². The van der Waals surface area contributed by atoms with Gasteiger partial charge in [0.05, 0.1) is 13.2 Å². The van der Waals surface area contributed by atoms with E-state index in [1.807, 2.05) is 6.92 Å². The predicted octanol–water partition coefficient (Wildman–Crippen LogP) is 4.59. The number of urea groups is 1. The molecule has 12 heteroatoms. The Hall–Kier alpha value is -2.30. The number of anilines is 2. The van der Waals surface area contributed by atoms with Gasteiger partial charge in [0.2, 0.25) is 5.82 Å². The van der Waals surface area contributed by atoms with Crippen LogP contribution in [0.15, 0.2) is 35.0 Å². The molecule has 2 aromatic rings. The van der Waals surface area contributed by atoms with Gasteiger partial charge in [-0.25, -0.2) is 9.78 Å². The molecular weight excluding hydrogens is 493 g/mol. The molecule has 0 spiro atoms. The molecule has 2 rings (SSSR count). The first-order chi connectivity index (χ1) is 15.8. The molecule has 1 heterocycles. The molecule has 1 aromatic carbocycles. The van der Waals surface area contributed by atoms with Crippen LogP contribution < -0.4 is 16.0 Å². The van der Waals surface area contributed by atoms with Gasteiger partial charge in [0, 0.05) is 43.7 Å². The van der Waals surface area contributed by atoms with Crippen molar-refractivity contribution in [3.8, 4) is 0 Å². The first-order valence-electron chi connectivity index (χ1n) is 10.1. The first-order valence-corrected chi connectivity index (χ1v) is 11.2. The minimum atomic E-state index is -0.517. The molecule has 0 fully saturated rings. The maximum Gasteiger partial charge on any atom is 0.324 e. The van der Waals surface area contributed by atoms with E-state index in [0.29, 0.717) is 43.5 Å². The van der Waals surface area contributed by atoms with E-state index in [1.54, 1.807) is 25.3 Å². The third-order valence-corrected chi connectivity index (χ3v) is 4.83. The highest BCUT2D eigenvalue weighted by Crippen LogP contribution is 2.20. The molecule has 0 atom stereocenters. The fraction of sp³-hybridized carbons (Fsp3) is 0.381. The van der Waals surface area contributed by atoms with Crippen molar-refractivity contribution in [3.63, 3.8) is 0 Å². The third-order valence-electron chi connectivity index (χ3n) is 4.28. The molecule has 0 radical (unpaired) electrons. The fourth-order valence-corrected chi connectivity index (χ4v) is 3.07. The highest BCUT2D eigenvalue weighted by Gasteiger charge is 2.17. The minimum Gasteiger partial charge on any atom is -0.382 e. The molecule has 33 heavy (non-hydrogen) atoms. The van der Waals surface area contributed by atoms with Crippen LogP contribution in [0.2, 0.25) is 5.02 Å². The van der Waals surface area contributed by atoms with Crippen LogP contribution >= 0.6 is 34.8 Å². The maximum atomic E-state index is 12.6. The van der Waals surface area contributed by atoms with Crippen molar-refractivity contribution in [3.05, 3.63) is 51.4 Å². The molecular formula is C21H26Cl3N5O4. The second-order valence-electron chi connectivity index (χ2n) is 6.85. The van der Waals surface area contributed by atoms with Crippen LogP contribution in [-0.4, -0.2) is 55.0 Å². The van der Waals surface area contributed by atoms with Gasteiger partial charge in [-0.05, 0) is 43.2 Å². The summed E-state index contributed by atoms with van der Waals surface area (Å²) >= 11 is 17.3. The molecule has 0 unspecified atom stereocenters. The molecule has 1 aromatic heterocycles. The number of rotatable bonds is 12. The average Bonchev–Trinajstić information content (AvgIpc) is 3.16. The van der Waals surface area contributed by atoms with Crippen molar-refractivity contribution in [2.75, 3.05) is 44.1 Å². The van der Waals surface area contributed by atoms with Gasteiger partial charge in [-0.1, -0.05) is 34.8 Å². The topological polar surface area (TPSA) is 107 Å². The number of allylic oxidation sites excluding steroid dienone is 1. The Morgan fingerprint density at radius 2 is 1.97 bits per heavy atom. The molecule has 0 aliphatic carbocycles. The lowest BCUT2D eigenvalue weighted by atomic mass is 10.2. The summed E-state index contributed by atoms with van der Waals surface area (Å²) in [6.45, 7) is 3.90. The van der Waals surface area contributed by atoms with Crippen LogP contribution in [0, 0.1) is 6.92 Å². The lowest BCUT2D eigenvalue weighted by Gasteiger charge is -2.08. The van der Waals surface area contributed by atoms with E-state index < -0.39 is 11.9 Å². The van der Waals surface area contributed by atoms with Gasteiger partial charge in [0.1, 0.15) is 4.49 Å². The normalized spacial score (nSPS) is 10.6. The number of nitrogens with zero attached hydrogens (tertiary/aromatic N) is 2. The van der Waals surface area contributed by atoms with Crippen LogP contribution in [0.1, 0.15) is 22.6 Å². The predicted molar refractivity (Wildman–Crippen MR) is 130 cm³/mol. The number of hydrogen-bond acceptors (Lipinski definition) is 5. The van der Waals surface area contributed by atoms with Crippen LogP contribution in [0.4, 0.5) is 16.3 Å². The van der Waals surface area contributed by atoms with Gasteiger partial charge in [0.25, 0.3) is 5.91 Å². The summed E-state index contributed by atoms with van der Waals surface area (Å²) in [5, 5.41) is 8.69. The summed E-state index contributed by atoms with van der Waals surface area (Å²) in [6.07, 6.45) is 3.65. The second kappa shape index (κ2) is 14.1. The van der Waals surface area contributed by atoms with Crippen LogP contribution in [0.3, 0.4) is 0 Å². The lowest BCUT2D eigenvalue weighted by molar-refractivity contribution is 0.0687. The molecule has 0 saturated carbocycles. The van der Waals surface area contributed by atoms with E-state index in [4.69, 9.17) is 44.3 Å². The zero-order valence-electron chi connectivity index (χ0n) is 18.3. The number of ether oxygens (including phenoxy) is 2. The number of hydrogen-bond donors (Lipinski definition) is 3. The fourth-order valence-electron chi connectivity index (χ4n) is 2.70. The number of aromatic nitrogens is 2. The van der Waals surface area contributed by atoms with Crippen molar-refractivity contribution in [1.82, 2.24) is 14.9 Å². The van der Waals surface area contributed by atoms with Crippen LogP contribution in [-0.2, 0) is 16.0 Å². The Morgan fingerprint density at radius 3 is 2.67 bits per heavy atom. The molecule has 3 N–H and O–H groups in total. The summed E-state index contributed by atoms with van der Waals surface area (Å²) < 4.78 is 11.8. The minimum absolute atomic E-state index is 0.0498. The quantitative estimate of drug-likeness (QED) is 0.356. The summed E-state index contributed by atoms with van der Waals surface area (Å²) in [6, 6.07) is 4.59. The van der Waals surface area contributed by atoms with Gasteiger partial charge >= 0.3 is 6.03 Å². The van der Waals surface area contributed by atoms with Gasteiger partial charge in [0.15, 0.2) is 5.82 Å². The standard InChI is InChI=1S/C21H26Cl3N5O4/c1-14-12-15(22)4-5-16(14)26-21(31)28-18-13-29(8-6-17(23)24)19(27-18)20(30)25-7-3-9-33-11-10-32-2/h4-6,12-13H,3,7-11H2,1-2H3,(H,25,30)(H2,26,28,31). The molecule has 9 nitrogen and oxygen atoms in total. The number of amides is 3. The van der Waals surface area contributed by atoms with E-state index in [1.165, 1.54) is 16.8 Å². The highest BCUT2D eigenvalue weighted by molar-refractivity contribution is 6.55. The Bertz CT molecular complexity index is 977. The number of imidazole rings is 1. The summed E-state index contributed by atoms with van der Waals surface area (Å²) in [5.41, 5.74) is 1.40. The van der Waals surface area contributed by atoms with Gasteiger partial charge in [-0.3, -0.25) is 10.1 Å². The number of nitrogens with one attached hydrogen (secondary N) is 3. The number of carbonyl (C=O) groups excluding carboxylic acids is 2. The SMILES string of the molecule is COCCOCCCNC(=O)c1nc(NC(=O)Nc2ccc(Cl)cc2C)cn1CC=C(Cl)Cl. The second-order valence-corrected chi connectivity index (χ2v) is 8.29. The Labute approximate surface area is 207 Å². The van der Waals surface area contributed by atoms with E-state index in [9.17, 15) is 9.59 Å². The van der Waals surface area contributed by atoms with Crippen LogP contribution in [0.5, 0.6) is 0 Å². The summed E-state index contributed by atoms with van der Waals surface area (Å²) in [4.78, 5) is 29.3. The molecule has 0 aliphatic rings. The van der Waals surface area contributed by atoms with Crippen molar-refractivity contribution < 1.29 is 19.1 Å². The van der Waals surface area contributed by atoms with Gasteiger partial charge < -0.3 is 24.7 Å². The largest absolute Gasteiger partial charge is 0.382 e. The van der Waals surface area contributed by atoms with E-state index in [-0.39, 0.29) is 22.7 Å². The highest BCUT2D eigenvalue weighted by atomic mass is 35.5. The third kappa shape index (κ3) is 9.61. The number of aryl methyl sites for hydroxylation is 1. The van der Waals surface area contributed by atoms with Crippen molar-refractivity contribution >= 4 is 58.2 Å². The number of methoxy groups -OCH3 is 1. The summed E-state index contributed by atoms with van der Waals surface area (Å²) in [5.74, 6) is -0.127. The van der Waals surface area contributed by atoms with E-state index in [0.717, 1.165) is 5.56 Å². The van der Waals surface area contributed by atoms with E-state index >= 15 is 0 Å². The zero-order valence-corrected chi connectivity index (χ0v) is 20.6. The Kier molecular flexibility index (Phi) is 11.5. The molecule has 0 bridgehead atoms. The Balaban J connectivity index is 2.01. The lowest BCUT2D eigenvalue weighted by Crippen LogP contribution is -2.28. The smallest absolute Gasteiger partial charge is 0.324 e. The first kappa shape index (κ1) is 26.9. The maximum absolute atomic E-state index is 12.6. The number of benzene rings is 1. The zero-order chi connectivity index (χ0) is 24.2. The van der Waals surface area contributed by atoms with Crippen molar-refractivity contribution in [2.45, 2.75) is 19.9 Å². The summed E-state index contributed by atoms with van der Waals surface area (Å²) in [7, 11) is 1.60. The molecule has 180 valence electrons. The number of halogens is 3. The van der Waals surface area contributed by atoms with Crippen molar-refractivity contribution in [2.24, 2.45) is 0 Å². The Morgan fingerprint density at radius 1 is 1.18 bits per heavy atom. The number of carbonyl (C=O) groups is 2. The van der Waals surface area contributed by atoms with Crippen LogP contribution in [0.25, 0.3) is 0 Å². The molecule has 3 amide bonds. The van der Waals surface area contributed by atoms with E-state index in [2.05, 4.69) is 20.9 Å². The average molecular weight is 519 g/mol. The molecule has 0 aliphatic heterocycles.